The van der Waals surface area contributed by atoms with Crippen LogP contribution >= 0.6 is 0 Å². The van der Waals surface area contributed by atoms with E-state index in [0.717, 1.165) is 79.2 Å². The third-order valence-corrected chi connectivity index (χ3v) is 20.7. The number of aliphatic hydroxyl groups excluding tert-OH is 3. The number of fused-ring (bicyclic) bond motifs is 11. The zero-order valence-electron chi connectivity index (χ0n) is 60.0. The second kappa shape index (κ2) is 34.2. The Bertz CT molecular complexity index is 4550. The van der Waals surface area contributed by atoms with Gasteiger partial charge in [0, 0.05) is 78.8 Å². The molecule has 13 nitrogen and oxygen atoms in total. The van der Waals surface area contributed by atoms with Gasteiger partial charge in [-0.25, -0.2) is 0 Å². The first-order chi connectivity index (χ1) is 49.0. The normalized spacial score (nSPS) is 20.0. The van der Waals surface area contributed by atoms with Gasteiger partial charge in [-0.3, -0.25) is 29.3 Å². The molecule has 1 fully saturated rings. The number of hydrogen-bond donors (Lipinski definition) is 5. The predicted molar refractivity (Wildman–Crippen MR) is 411 cm³/mol. The quantitative estimate of drug-likeness (QED) is 0.0620. The smallest absolute Gasteiger partial charge is 0.273 e. The molecule has 1 aliphatic heterocycles. The highest BCUT2D eigenvalue weighted by molar-refractivity contribution is 6.02. The number of aliphatic hydroxyl groups is 3. The zero-order chi connectivity index (χ0) is 72.5. The monoisotopic (exact) mass is 1380 g/mol. The molecule has 19 rings (SSSR count). The van der Waals surface area contributed by atoms with E-state index in [0.29, 0.717) is 79.2 Å². The van der Waals surface area contributed by atoms with Crippen molar-refractivity contribution in [3.05, 3.63) is 325 Å². The van der Waals surface area contributed by atoms with Gasteiger partial charge < -0.3 is 31.1 Å². The summed E-state index contributed by atoms with van der Waals surface area (Å²) in [5.74, 6) is 0.932. The summed E-state index contributed by atoms with van der Waals surface area (Å²) in [5, 5.41) is 42.4. The van der Waals surface area contributed by atoms with Crippen LogP contribution in [0, 0.1) is 58.6 Å². The number of nitro groups is 1. The largest absolute Gasteiger partial charge is 0.391 e. The molecule has 534 valence electrons. The number of ether oxygens (including phenoxy) is 1. The molecule has 3 unspecified atom stereocenters. The van der Waals surface area contributed by atoms with E-state index in [2.05, 4.69) is 160 Å². The number of aryl methyl sites for hydroxylation is 11. The number of ketones is 4. The van der Waals surface area contributed by atoms with Gasteiger partial charge in [0.15, 0.2) is 23.1 Å². The van der Waals surface area contributed by atoms with E-state index < -0.39 is 4.92 Å². The molecule has 0 radical (unpaired) electrons. The van der Waals surface area contributed by atoms with Crippen LogP contribution in [0.2, 0.25) is 0 Å². The molecule has 1 saturated heterocycles. The minimum Gasteiger partial charge on any atom is -0.391 e. The maximum Gasteiger partial charge on any atom is 0.273 e. The van der Waals surface area contributed by atoms with Crippen molar-refractivity contribution in [2.75, 3.05) is 7.05 Å². The second-order valence-electron chi connectivity index (χ2n) is 28.5. The number of allylic oxidation sites excluding steroid dienone is 1. The molecule has 1 heterocycles. The number of rotatable bonds is 2. The minimum atomic E-state index is -0.433. The van der Waals surface area contributed by atoms with Crippen molar-refractivity contribution >= 4 is 34.9 Å². The van der Waals surface area contributed by atoms with E-state index in [1.807, 2.05) is 64.2 Å². The number of benzene rings is 9. The number of likely N-dealkylation sites (N-methyl/N-ethyl adjacent to an activating group) is 1. The first-order valence-electron chi connectivity index (χ1n) is 35.9. The van der Waals surface area contributed by atoms with Crippen molar-refractivity contribution in [3.63, 3.8) is 0 Å². The number of carbonyl (C=O) groups is 4. The standard InChI is InChI=1S/C11H15NO.C10H13NO.C10H10O.C10H12O.2C10H10O.C10H10.C9H7NO3.C9H8O.CH4/c1-7-3-4-8-6-10(13)11(12-2)9(8)5-7;1-6-2-3-7-5-9(12)10(11)8(7)4-6;1-6-2-3-7-5-9-10(11-9)8(7)4-6;3*1-7-2-3-8-4-5-10(11)9(8)6-7;1-8-5-6-9-3-2-4-10(9)7-8;11-9-5-4-6-7(9)2-1-3-8(6)10(12)13;10-9-6-5-7-3-1-2-4-8(7)9;/h3-5,10-13H,6H2,1-2H3;2-4,9-10,12H,5,11H2,1H3;2-4,9-10H,5H2,1H3;2-3,6,10-11H,4-5H2,1H3;2*2-3,6H,4-5H2,1H3;2,4-7H,3H2,1H3;1-3H,4-5H2;1-4H,5-6H2;1H4/t10-,11-;9-,10-;;;;;;;;/m11......../s1. The average Bonchev–Trinajstić information content (AvgIpc) is 1.59. The van der Waals surface area contributed by atoms with Crippen molar-refractivity contribution in [1.82, 2.24) is 5.32 Å². The second-order valence-corrected chi connectivity index (χ2v) is 28.5. The zero-order valence-corrected chi connectivity index (χ0v) is 60.0. The fraction of sp³-hybridized carbons (Fsp3) is 0.333. The van der Waals surface area contributed by atoms with Crippen LogP contribution in [0.4, 0.5) is 5.69 Å². The molecular formula is C90H99N3O10. The third-order valence-electron chi connectivity index (χ3n) is 20.7. The molecule has 10 aliphatic rings. The number of hydrogen-bond acceptors (Lipinski definition) is 12. The maximum absolute atomic E-state index is 11.2. The highest BCUT2D eigenvalue weighted by atomic mass is 16.6. The summed E-state index contributed by atoms with van der Waals surface area (Å²) < 4.78 is 5.43. The van der Waals surface area contributed by atoms with Crippen LogP contribution in [0.25, 0.3) is 6.08 Å². The van der Waals surface area contributed by atoms with Crippen LogP contribution in [0.3, 0.4) is 0 Å². The van der Waals surface area contributed by atoms with E-state index in [-0.39, 0.29) is 49.3 Å². The summed E-state index contributed by atoms with van der Waals surface area (Å²) in [4.78, 5) is 54.8. The average molecular weight is 1380 g/mol. The molecule has 0 aromatic heterocycles. The van der Waals surface area contributed by atoms with Gasteiger partial charge in [-0.1, -0.05) is 210 Å². The van der Waals surface area contributed by atoms with Crippen LogP contribution in [0.1, 0.15) is 222 Å². The number of nitro benzene ring substituents is 1. The van der Waals surface area contributed by atoms with Crippen molar-refractivity contribution < 1.29 is 44.2 Å². The van der Waals surface area contributed by atoms with Crippen molar-refractivity contribution in [2.24, 2.45) is 5.73 Å². The fourth-order valence-corrected chi connectivity index (χ4v) is 15.0. The fourth-order valence-electron chi connectivity index (χ4n) is 15.0. The van der Waals surface area contributed by atoms with Gasteiger partial charge in [0.25, 0.3) is 5.69 Å². The molecule has 9 aromatic carbocycles. The molecule has 13 heteroatoms. The molecule has 0 saturated carbocycles. The molecule has 103 heavy (non-hydrogen) atoms. The van der Waals surface area contributed by atoms with Gasteiger partial charge in [0.2, 0.25) is 0 Å². The van der Waals surface area contributed by atoms with Crippen LogP contribution in [0.15, 0.2) is 176 Å². The van der Waals surface area contributed by atoms with Crippen molar-refractivity contribution in [3.8, 4) is 0 Å². The topological polar surface area (TPSA) is 223 Å². The summed E-state index contributed by atoms with van der Waals surface area (Å²) in [7, 11) is 1.89. The first kappa shape index (κ1) is 76.2. The number of nitrogens with two attached hydrogens (primary N) is 1. The molecule has 0 bridgehead atoms. The van der Waals surface area contributed by atoms with E-state index >= 15 is 0 Å². The molecular weight excluding hydrogens is 1280 g/mol. The lowest BCUT2D eigenvalue weighted by Gasteiger charge is -2.14. The number of nitrogens with one attached hydrogen (secondary N) is 1. The minimum absolute atomic E-state index is 0. The Morgan fingerprint density at radius 2 is 0.893 bits per heavy atom. The Morgan fingerprint density at radius 3 is 1.48 bits per heavy atom. The molecule has 7 atom stereocenters. The van der Waals surface area contributed by atoms with Gasteiger partial charge in [0.1, 0.15) is 6.10 Å². The van der Waals surface area contributed by atoms with E-state index in [9.17, 15) is 44.6 Å². The molecule has 9 aromatic rings. The summed E-state index contributed by atoms with van der Waals surface area (Å²) in [6, 6.07) is 56.9. The van der Waals surface area contributed by atoms with Gasteiger partial charge in [-0.05, 0) is 185 Å². The molecule has 0 spiro atoms. The van der Waals surface area contributed by atoms with E-state index in [1.54, 1.807) is 12.1 Å². The van der Waals surface area contributed by atoms with Crippen LogP contribution in [0.5, 0.6) is 0 Å². The number of nitrogens with zero attached hydrogens (tertiary/aromatic N) is 1. The van der Waals surface area contributed by atoms with Gasteiger partial charge in [-0.2, -0.15) is 0 Å². The highest BCUT2D eigenvalue weighted by Gasteiger charge is 2.47. The summed E-state index contributed by atoms with van der Waals surface area (Å²) in [5.41, 5.74) is 35.4. The Hall–Kier alpha value is -9.44. The summed E-state index contributed by atoms with van der Waals surface area (Å²) >= 11 is 0. The van der Waals surface area contributed by atoms with Gasteiger partial charge in [-0.15, -0.1) is 0 Å². The Balaban J connectivity index is 0.000000125. The molecule has 9 aliphatic carbocycles. The van der Waals surface area contributed by atoms with Crippen molar-refractivity contribution in [2.45, 2.75) is 188 Å². The predicted octanol–water partition coefficient (Wildman–Crippen LogP) is 17.0. The number of Topliss-reactive ketones (excluding diaryl/α,β-unsaturated/α-hetero) is 4. The van der Waals surface area contributed by atoms with Gasteiger partial charge >= 0.3 is 0 Å². The number of carbonyl (C=O) groups excluding carboxylic acids is 4. The SMILES string of the molecule is C.CN[C@@H]1c2cc(C)ccc2C[C@H]1O.Cc1ccc2c(c1)C(=O)CC2.Cc1ccc2c(c1)C(=O)CC2.Cc1ccc2c(c1)C(O)CC2.Cc1ccc2c(c1)C1OC1C2.Cc1ccc2c(c1)C=CC2.Cc1ccc2c(c1)[C@@H](N)[C@H](O)C2.O=C1CCc2c1cccc2[N+](=O)[O-].O=C1CCc2ccccc21. The lowest BCUT2D eigenvalue weighted by atomic mass is 10.1. The highest BCUT2D eigenvalue weighted by Crippen LogP contribution is 2.49. The Labute approximate surface area is 607 Å². The number of epoxide rings is 1. The first-order valence-corrected chi connectivity index (χ1v) is 35.9. The third kappa shape index (κ3) is 18.7. The van der Waals surface area contributed by atoms with E-state index in [1.165, 1.54) is 106 Å². The van der Waals surface area contributed by atoms with Crippen LogP contribution in [-0.4, -0.2) is 68.7 Å². The lowest BCUT2D eigenvalue weighted by Crippen LogP contribution is -2.25. The summed E-state index contributed by atoms with van der Waals surface area (Å²) in [6.45, 7) is 14.5. The maximum atomic E-state index is 11.2. The Kier molecular flexibility index (Phi) is 25.3. The van der Waals surface area contributed by atoms with Gasteiger partial charge in [0.05, 0.1) is 41.4 Å². The van der Waals surface area contributed by atoms with Crippen LogP contribution < -0.4 is 11.1 Å². The lowest BCUT2D eigenvalue weighted by molar-refractivity contribution is -0.385. The van der Waals surface area contributed by atoms with Crippen LogP contribution in [-0.2, 0) is 62.5 Å². The Morgan fingerprint density at radius 1 is 0.447 bits per heavy atom. The summed E-state index contributed by atoms with van der Waals surface area (Å²) in [6.07, 6.45) is 16.1. The molecule has 6 N–H and O–H groups in total. The van der Waals surface area contributed by atoms with Crippen molar-refractivity contribution in [1.29, 1.82) is 0 Å². The van der Waals surface area contributed by atoms with E-state index in [4.69, 9.17) is 10.5 Å². The molecule has 0 amide bonds.